The van der Waals surface area contributed by atoms with Gasteiger partial charge in [0.15, 0.2) is 0 Å². The molecule has 1 N–H and O–H groups in total. The fourth-order valence-electron chi connectivity index (χ4n) is 1.33. The maximum Gasteiger partial charge on any atom is 0.258 e. The fraction of sp³-hybridized carbons (Fsp3) is 0. The van der Waals surface area contributed by atoms with Gasteiger partial charge < -0.3 is 5.32 Å². The molecule has 0 spiro atoms. The Kier molecular flexibility index (Phi) is 4.58. The normalized spacial score (nSPS) is 10.2. The minimum atomic E-state index is -0.280. The number of anilines is 1. The van der Waals surface area contributed by atoms with Crippen molar-refractivity contribution in [3.05, 3.63) is 55.3 Å². The molecule has 92 valence electrons. The predicted molar refractivity (Wildman–Crippen MR) is 84.1 cm³/mol. The highest BCUT2D eigenvalue weighted by Gasteiger charge is 2.13. The molecule has 0 radical (unpaired) electrons. The Morgan fingerprint density at radius 2 is 2.11 bits per heavy atom. The lowest BCUT2D eigenvalue weighted by molar-refractivity contribution is 0.102. The van der Waals surface area contributed by atoms with Crippen LogP contribution in [0, 0.1) is 3.57 Å². The molecule has 0 unspecified atom stereocenters. The van der Waals surface area contributed by atoms with Crippen molar-refractivity contribution >= 4 is 61.7 Å². The molecular weight excluding hydrogens is 430 g/mol. The van der Waals surface area contributed by atoms with Crippen molar-refractivity contribution < 1.29 is 4.79 Å². The molecule has 2 aromatic rings. The Balaban J connectivity index is 2.28. The van der Waals surface area contributed by atoms with E-state index in [2.05, 4.69) is 48.8 Å². The molecule has 0 bridgehead atoms. The molecule has 0 aliphatic carbocycles. The summed E-state index contributed by atoms with van der Waals surface area (Å²) < 4.78 is 1.67. The van der Waals surface area contributed by atoms with Crippen LogP contribution in [0.3, 0.4) is 0 Å². The Hall–Kier alpha value is -0.660. The Morgan fingerprint density at radius 1 is 1.39 bits per heavy atom. The van der Waals surface area contributed by atoms with Crippen LogP contribution in [0.15, 0.2) is 41.0 Å². The maximum absolute atomic E-state index is 12.1. The molecule has 2 rings (SSSR count). The predicted octanol–water partition coefficient (Wildman–Crippen LogP) is 4.35. The van der Waals surface area contributed by atoms with Gasteiger partial charge in [-0.25, -0.2) is 4.98 Å². The first-order valence-corrected chi connectivity index (χ1v) is 7.20. The highest BCUT2D eigenvalue weighted by atomic mass is 127. The van der Waals surface area contributed by atoms with Gasteiger partial charge in [0.1, 0.15) is 5.15 Å². The molecule has 0 aliphatic heterocycles. The molecule has 0 aliphatic rings. The number of aromatic nitrogens is 1. The quantitative estimate of drug-likeness (QED) is 0.561. The number of carbonyl (C=O) groups is 1. The van der Waals surface area contributed by atoms with Crippen LogP contribution < -0.4 is 5.32 Å². The maximum atomic E-state index is 12.1. The molecule has 18 heavy (non-hydrogen) atoms. The van der Waals surface area contributed by atoms with Gasteiger partial charge in [0.05, 0.1) is 11.3 Å². The van der Waals surface area contributed by atoms with Gasteiger partial charge in [0, 0.05) is 14.2 Å². The molecule has 1 aromatic carbocycles. The monoisotopic (exact) mass is 436 g/mol. The standard InChI is InChI=1S/C12H7BrClIN2O/c13-7-5-8(11(14)16-6-7)12(18)17-10-4-2-1-3-9(10)15/h1-6H,(H,17,18). The van der Waals surface area contributed by atoms with Crippen LogP contribution in [-0.4, -0.2) is 10.9 Å². The van der Waals surface area contributed by atoms with E-state index >= 15 is 0 Å². The summed E-state index contributed by atoms with van der Waals surface area (Å²) >= 11 is 11.3. The number of pyridine rings is 1. The summed E-state index contributed by atoms with van der Waals surface area (Å²) in [6, 6.07) is 9.15. The van der Waals surface area contributed by atoms with Gasteiger partial charge in [-0.05, 0) is 56.7 Å². The smallest absolute Gasteiger partial charge is 0.258 e. The van der Waals surface area contributed by atoms with Crippen LogP contribution in [0.5, 0.6) is 0 Å². The first-order valence-electron chi connectivity index (χ1n) is 4.95. The highest BCUT2D eigenvalue weighted by Crippen LogP contribution is 2.21. The third-order valence-corrected chi connectivity index (χ3v) is 3.85. The van der Waals surface area contributed by atoms with Crippen molar-refractivity contribution in [2.45, 2.75) is 0 Å². The largest absolute Gasteiger partial charge is 0.321 e. The third-order valence-electron chi connectivity index (χ3n) is 2.17. The van der Waals surface area contributed by atoms with E-state index in [-0.39, 0.29) is 11.1 Å². The number of hydrogen-bond donors (Lipinski definition) is 1. The van der Waals surface area contributed by atoms with Crippen LogP contribution in [0.4, 0.5) is 5.69 Å². The zero-order chi connectivity index (χ0) is 13.1. The van der Waals surface area contributed by atoms with Crippen molar-refractivity contribution in [1.29, 1.82) is 0 Å². The summed E-state index contributed by atoms with van der Waals surface area (Å²) in [6.45, 7) is 0. The summed E-state index contributed by atoms with van der Waals surface area (Å²) in [5.41, 5.74) is 1.09. The molecule has 0 saturated carbocycles. The second kappa shape index (κ2) is 5.99. The minimum Gasteiger partial charge on any atom is -0.321 e. The van der Waals surface area contributed by atoms with Crippen molar-refractivity contribution in [2.24, 2.45) is 0 Å². The lowest BCUT2D eigenvalue weighted by Gasteiger charge is -2.08. The summed E-state index contributed by atoms with van der Waals surface area (Å²) in [7, 11) is 0. The van der Waals surface area contributed by atoms with Crippen LogP contribution in [-0.2, 0) is 0 Å². The zero-order valence-corrected chi connectivity index (χ0v) is 13.5. The number of para-hydroxylation sites is 1. The van der Waals surface area contributed by atoms with E-state index in [0.29, 0.717) is 10.0 Å². The summed E-state index contributed by atoms with van der Waals surface area (Å²) in [5.74, 6) is -0.280. The Bertz CT molecular complexity index is 606. The fourth-order valence-corrected chi connectivity index (χ4v) is 2.38. The van der Waals surface area contributed by atoms with Gasteiger partial charge in [-0.2, -0.15) is 0 Å². The van der Waals surface area contributed by atoms with Crippen molar-refractivity contribution in [3.8, 4) is 0 Å². The number of nitrogens with one attached hydrogen (secondary N) is 1. The average molecular weight is 437 g/mol. The second-order valence-electron chi connectivity index (χ2n) is 3.43. The van der Waals surface area contributed by atoms with Crippen LogP contribution in [0.2, 0.25) is 5.15 Å². The van der Waals surface area contributed by atoms with Gasteiger partial charge in [0.25, 0.3) is 5.91 Å². The van der Waals surface area contributed by atoms with Crippen LogP contribution in [0.1, 0.15) is 10.4 Å². The Morgan fingerprint density at radius 3 is 2.83 bits per heavy atom. The van der Waals surface area contributed by atoms with E-state index < -0.39 is 0 Å². The molecule has 3 nitrogen and oxygen atoms in total. The van der Waals surface area contributed by atoms with Crippen molar-refractivity contribution in [1.82, 2.24) is 4.98 Å². The van der Waals surface area contributed by atoms with E-state index in [1.165, 1.54) is 0 Å². The molecule has 1 amide bonds. The summed E-state index contributed by atoms with van der Waals surface area (Å²) in [6.07, 6.45) is 1.55. The third kappa shape index (κ3) is 3.21. The van der Waals surface area contributed by atoms with Crippen LogP contribution in [0.25, 0.3) is 0 Å². The summed E-state index contributed by atoms with van der Waals surface area (Å²) in [4.78, 5) is 16.0. The van der Waals surface area contributed by atoms with E-state index in [0.717, 1.165) is 9.26 Å². The number of amides is 1. The highest BCUT2D eigenvalue weighted by molar-refractivity contribution is 14.1. The van der Waals surface area contributed by atoms with Crippen LogP contribution >= 0.6 is 50.1 Å². The first kappa shape index (κ1) is 13.8. The molecular formula is C12H7BrClIN2O. The van der Waals surface area contributed by atoms with Gasteiger partial charge in [-0.3, -0.25) is 4.79 Å². The molecule has 0 saturated heterocycles. The molecule has 0 atom stereocenters. The van der Waals surface area contributed by atoms with Gasteiger partial charge in [0.2, 0.25) is 0 Å². The number of nitrogens with zero attached hydrogens (tertiary/aromatic N) is 1. The van der Waals surface area contributed by atoms with E-state index in [9.17, 15) is 4.79 Å². The van der Waals surface area contributed by atoms with Gasteiger partial charge in [-0.1, -0.05) is 23.7 Å². The van der Waals surface area contributed by atoms with Crippen molar-refractivity contribution in [3.63, 3.8) is 0 Å². The van der Waals surface area contributed by atoms with Gasteiger partial charge in [-0.15, -0.1) is 0 Å². The Labute approximate surface area is 131 Å². The number of carbonyl (C=O) groups excluding carboxylic acids is 1. The first-order chi connectivity index (χ1) is 8.58. The number of halogens is 3. The van der Waals surface area contributed by atoms with Crippen molar-refractivity contribution in [2.75, 3.05) is 5.32 Å². The molecule has 1 heterocycles. The lowest BCUT2D eigenvalue weighted by atomic mass is 10.2. The molecule has 0 fully saturated rings. The van der Waals surface area contributed by atoms with E-state index in [1.807, 2.05) is 24.3 Å². The summed E-state index contributed by atoms with van der Waals surface area (Å²) in [5, 5.41) is 2.98. The topological polar surface area (TPSA) is 42.0 Å². The lowest BCUT2D eigenvalue weighted by Crippen LogP contribution is -2.13. The second-order valence-corrected chi connectivity index (χ2v) is 5.86. The number of hydrogen-bond acceptors (Lipinski definition) is 2. The minimum absolute atomic E-state index is 0.182. The SMILES string of the molecule is O=C(Nc1ccccc1I)c1cc(Br)cnc1Cl. The number of benzene rings is 1. The van der Waals surface area contributed by atoms with E-state index in [4.69, 9.17) is 11.6 Å². The van der Waals surface area contributed by atoms with Gasteiger partial charge >= 0.3 is 0 Å². The average Bonchev–Trinajstić information content (AvgIpc) is 2.35. The zero-order valence-electron chi connectivity index (χ0n) is 8.95. The number of rotatable bonds is 2. The molecule has 6 heteroatoms. The molecule has 1 aromatic heterocycles. The van der Waals surface area contributed by atoms with E-state index in [1.54, 1.807) is 12.3 Å².